The van der Waals surface area contributed by atoms with Crippen LogP contribution >= 0.6 is 11.8 Å². The van der Waals surface area contributed by atoms with Gasteiger partial charge in [-0.15, -0.1) is 0 Å². The van der Waals surface area contributed by atoms with E-state index in [1.807, 2.05) is 0 Å². The first-order chi connectivity index (χ1) is 9.38. The lowest BCUT2D eigenvalue weighted by Gasteiger charge is -2.18. The third-order valence-corrected chi connectivity index (χ3v) is 3.24. The Balaban J connectivity index is 2.56. The maximum Gasteiger partial charge on any atom is 0.321 e. The molecule has 1 aromatic carbocycles. The van der Waals surface area contributed by atoms with E-state index in [1.54, 1.807) is 32.2 Å². The summed E-state index contributed by atoms with van der Waals surface area (Å²) in [5.74, 6) is -2.49. The predicted octanol–water partition coefficient (Wildman–Crippen LogP) is 3.24. The molecule has 1 atom stereocenters. The van der Waals surface area contributed by atoms with Crippen LogP contribution in [0.5, 0.6) is 0 Å². The molecule has 1 aromatic rings. The lowest BCUT2D eigenvalue weighted by molar-refractivity contribution is 0.167. The van der Waals surface area contributed by atoms with Crippen LogP contribution in [0.4, 0.5) is 19.3 Å². The highest BCUT2D eigenvalue weighted by Crippen LogP contribution is 2.27. The second-order valence-corrected chi connectivity index (χ2v) is 5.46. The van der Waals surface area contributed by atoms with E-state index in [1.165, 1.54) is 11.0 Å². The third-order valence-electron chi connectivity index (χ3n) is 2.54. The van der Waals surface area contributed by atoms with Gasteiger partial charge in [0.25, 0.3) is 5.76 Å². The molecule has 0 spiro atoms. The van der Waals surface area contributed by atoms with Crippen LogP contribution in [0.1, 0.15) is 13.3 Å². The van der Waals surface area contributed by atoms with Crippen LogP contribution in [-0.2, 0) is 0 Å². The molecular formula is C13H18F2N2O2S. The summed E-state index contributed by atoms with van der Waals surface area (Å²) in [4.78, 5) is 13.7. The highest BCUT2D eigenvalue weighted by Gasteiger charge is 2.11. The molecule has 4 nitrogen and oxygen atoms in total. The van der Waals surface area contributed by atoms with Crippen LogP contribution in [0.25, 0.3) is 0 Å². The van der Waals surface area contributed by atoms with E-state index >= 15 is 0 Å². The molecule has 0 aliphatic heterocycles. The number of carbonyl (C=O) groups excluding carboxylic acids is 1. The fraction of sp³-hybridized carbons (Fsp3) is 0.462. The van der Waals surface area contributed by atoms with Crippen molar-refractivity contribution in [2.75, 3.05) is 18.9 Å². The Kier molecular flexibility index (Phi) is 6.74. The van der Waals surface area contributed by atoms with Crippen molar-refractivity contribution in [3.8, 4) is 0 Å². The first kappa shape index (κ1) is 16.7. The number of alkyl halides is 2. The Morgan fingerprint density at radius 1 is 1.50 bits per heavy atom. The Hall–Kier alpha value is -1.34. The van der Waals surface area contributed by atoms with Gasteiger partial charge in [-0.3, -0.25) is 0 Å². The molecule has 112 valence electrons. The number of rotatable bonds is 6. The molecule has 2 N–H and O–H groups in total. The molecule has 0 heterocycles. The smallest absolute Gasteiger partial charge is 0.321 e. The van der Waals surface area contributed by atoms with Gasteiger partial charge in [0.1, 0.15) is 0 Å². The minimum absolute atomic E-state index is 0.343. The molecule has 7 heteroatoms. The second-order valence-electron chi connectivity index (χ2n) is 4.40. The highest BCUT2D eigenvalue weighted by atomic mass is 32.2. The summed E-state index contributed by atoms with van der Waals surface area (Å²) in [7, 11) is 1.61. The highest BCUT2D eigenvalue weighted by molar-refractivity contribution is 7.99. The molecule has 0 aromatic heterocycles. The van der Waals surface area contributed by atoms with Gasteiger partial charge < -0.3 is 15.3 Å². The largest absolute Gasteiger partial charge is 0.393 e. The quantitative estimate of drug-likeness (QED) is 0.793. The van der Waals surface area contributed by atoms with Gasteiger partial charge >= 0.3 is 6.03 Å². The maximum atomic E-state index is 12.3. The van der Waals surface area contributed by atoms with Crippen molar-refractivity contribution in [1.29, 1.82) is 0 Å². The average molecular weight is 304 g/mol. The monoisotopic (exact) mass is 304 g/mol. The molecule has 0 fully saturated rings. The van der Waals surface area contributed by atoms with Crippen molar-refractivity contribution in [2.24, 2.45) is 0 Å². The molecule has 2 amide bonds. The van der Waals surface area contributed by atoms with Gasteiger partial charge in [0.05, 0.1) is 6.10 Å². The predicted molar refractivity (Wildman–Crippen MR) is 76.2 cm³/mol. The van der Waals surface area contributed by atoms with Crippen LogP contribution in [0, 0.1) is 0 Å². The number of halogens is 2. The van der Waals surface area contributed by atoms with E-state index in [9.17, 15) is 13.6 Å². The lowest BCUT2D eigenvalue weighted by atomic mass is 10.3. The van der Waals surface area contributed by atoms with Crippen LogP contribution in [0.2, 0.25) is 0 Å². The Morgan fingerprint density at radius 2 is 2.20 bits per heavy atom. The van der Waals surface area contributed by atoms with Crippen molar-refractivity contribution >= 4 is 23.5 Å². The number of hydrogen-bond donors (Lipinski definition) is 2. The summed E-state index contributed by atoms with van der Waals surface area (Å²) in [5, 5.41) is 11.8. The fourth-order valence-electron chi connectivity index (χ4n) is 1.45. The first-order valence-electron chi connectivity index (χ1n) is 6.13. The van der Waals surface area contributed by atoms with Crippen molar-refractivity contribution in [1.82, 2.24) is 4.90 Å². The summed E-state index contributed by atoms with van der Waals surface area (Å²) in [6.45, 7) is 2.06. The van der Waals surface area contributed by atoms with E-state index in [0.29, 0.717) is 35.3 Å². The maximum absolute atomic E-state index is 12.3. The lowest BCUT2D eigenvalue weighted by Crippen LogP contribution is -2.33. The topological polar surface area (TPSA) is 52.6 Å². The SMILES string of the molecule is CC(O)CCN(C)C(=O)Nc1cccc(SC(F)F)c1. The summed E-state index contributed by atoms with van der Waals surface area (Å²) in [6, 6.07) is 5.96. The minimum atomic E-state index is -2.49. The van der Waals surface area contributed by atoms with Crippen molar-refractivity contribution in [3.05, 3.63) is 24.3 Å². The van der Waals surface area contributed by atoms with Crippen molar-refractivity contribution < 1.29 is 18.7 Å². The zero-order valence-corrected chi connectivity index (χ0v) is 12.2. The molecule has 1 rings (SSSR count). The average Bonchev–Trinajstić information content (AvgIpc) is 2.35. The molecule has 0 radical (unpaired) electrons. The van der Waals surface area contributed by atoms with Gasteiger partial charge in [-0.25, -0.2) is 4.79 Å². The number of amides is 2. The number of aliphatic hydroxyl groups is 1. The van der Waals surface area contributed by atoms with Gasteiger partial charge in [-0.1, -0.05) is 17.8 Å². The molecule has 0 bridgehead atoms. The number of nitrogens with one attached hydrogen (secondary N) is 1. The van der Waals surface area contributed by atoms with E-state index in [4.69, 9.17) is 5.11 Å². The number of urea groups is 1. The zero-order chi connectivity index (χ0) is 15.1. The Labute approximate surface area is 121 Å². The summed E-state index contributed by atoms with van der Waals surface area (Å²) in [6.07, 6.45) is 0.00147. The van der Waals surface area contributed by atoms with Crippen LogP contribution in [-0.4, -0.2) is 41.5 Å². The molecule has 0 saturated carbocycles. The Morgan fingerprint density at radius 3 is 2.80 bits per heavy atom. The molecular weight excluding hydrogens is 286 g/mol. The number of thioether (sulfide) groups is 1. The van der Waals surface area contributed by atoms with E-state index in [0.717, 1.165) is 0 Å². The van der Waals surface area contributed by atoms with Crippen LogP contribution in [0.3, 0.4) is 0 Å². The van der Waals surface area contributed by atoms with Gasteiger partial charge in [-0.2, -0.15) is 8.78 Å². The molecule has 0 aliphatic rings. The minimum Gasteiger partial charge on any atom is -0.393 e. The van der Waals surface area contributed by atoms with E-state index in [2.05, 4.69) is 5.32 Å². The number of carbonyl (C=O) groups is 1. The summed E-state index contributed by atoms with van der Waals surface area (Å²) in [5.41, 5.74) is 0.463. The number of benzene rings is 1. The van der Waals surface area contributed by atoms with Crippen molar-refractivity contribution in [2.45, 2.75) is 30.1 Å². The zero-order valence-electron chi connectivity index (χ0n) is 11.3. The number of nitrogens with zero attached hydrogens (tertiary/aromatic N) is 1. The van der Waals surface area contributed by atoms with Crippen molar-refractivity contribution in [3.63, 3.8) is 0 Å². The normalized spacial score (nSPS) is 12.3. The molecule has 0 saturated heterocycles. The molecule has 0 aliphatic carbocycles. The number of hydrogen-bond acceptors (Lipinski definition) is 3. The van der Waals surface area contributed by atoms with Gasteiger partial charge in [0, 0.05) is 24.2 Å². The van der Waals surface area contributed by atoms with Crippen LogP contribution < -0.4 is 5.32 Å². The number of anilines is 1. The van der Waals surface area contributed by atoms with Crippen LogP contribution in [0.15, 0.2) is 29.2 Å². The van der Waals surface area contributed by atoms with Gasteiger partial charge in [-0.05, 0) is 31.5 Å². The number of aliphatic hydroxyl groups excluding tert-OH is 1. The summed E-state index contributed by atoms with van der Waals surface area (Å²) < 4.78 is 24.5. The molecule has 1 unspecified atom stereocenters. The van der Waals surface area contributed by atoms with Gasteiger partial charge in [0.15, 0.2) is 0 Å². The first-order valence-corrected chi connectivity index (χ1v) is 7.01. The standard InChI is InChI=1S/C13H18F2N2O2S/c1-9(18)6-7-17(2)13(19)16-10-4-3-5-11(8-10)20-12(14)15/h3-5,8-9,12,18H,6-7H2,1-2H3,(H,16,19). The fourth-order valence-corrected chi connectivity index (χ4v) is 2.01. The van der Waals surface area contributed by atoms with E-state index < -0.39 is 11.9 Å². The Bertz CT molecular complexity index is 444. The third kappa shape index (κ3) is 6.21. The van der Waals surface area contributed by atoms with Gasteiger partial charge in [0.2, 0.25) is 0 Å². The molecule has 20 heavy (non-hydrogen) atoms. The summed E-state index contributed by atoms with van der Waals surface area (Å²) >= 11 is 0.431. The second kappa shape index (κ2) is 8.06. The van der Waals surface area contributed by atoms with E-state index in [-0.39, 0.29) is 6.03 Å².